The Morgan fingerprint density at radius 1 is 0.720 bits per heavy atom. The summed E-state index contributed by atoms with van der Waals surface area (Å²) >= 11 is 0. The molecule has 25 heavy (non-hydrogen) atoms. The molecular formula is C21H12N4. The van der Waals surface area contributed by atoms with Crippen LogP contribution >= 0.6 is 0 Å². The lowest BCUT2D eigenvalue weighted by Crippen LogP contribution is -1.94. The minimum Gasteiger partial charge on any atom is -0.254 e. The fourth-order valence-electron chi connectivity index (χ4n) is 3.22. The van der Waals surface area contributed by atoms with Crippen LogP contribution in [0, 0.1) is 11.8 Å². The van der Waals surface area contributed by atoms with Crippen LogP contribution in [-0.4, -0.2) is 19.9 Å². The highest BCUT2D eigenvalue weighted by Gasteiger charge is 2.13. The van der Waals surface area contributed by atoms with Crippen molar-refractivity contribution in [2.24, 2.45) is 0 Å². The highest BCUT2D eigenvalue weighted by molar-refractivity contribution is 6.21. The number of fused-ring (bicyclic) bond motifs is 7. The summed E-state index contributed by atoms with van der Waals surface area (Å²) in [5.74, 6) is 6.00. The molecule has 0 aliphatic heterocycles. The van der Waals surface area contributed by atoms with Crippen molar-refractivity contribution in [2.75, 3.05) is 0 Å². The zero-order chi connectivity index (χ0) is 16.8. The summed E-state index contributed by atoms with van der Waals surface area (Å²) in [7, 11) is 0. The van der Waals surface area contributed by atoms with E-state index in [1.54, 1.807) is 12.4 Å². The quantitative estimate of drug-likeness (QED) is 0.243. The molecule has 0 fully saturated rings. The molecule has 0 aliphatic rings. The Bertz CT molecular complexity index is 1360. The number of hydrogen-bond acceptors (Lipinski definition) is 4. The third-order valence-corrected chi connectivity index (χ3v) is 4.28. The molecule has 0 N–H and O–H groups in total. The fourth-order valence-corrected chi connectivity index (χ4v) is 3.22. The van der Waals surface area contributed by atoms with Crippen LogP contribution in [0.5, 0.6) is 0 Å². The molecule has 0 aliphatic carbocycles. The van der Waals surface area contributed by atoms with Crippen LogP contribution < -0.4 is 0 Å². The normalized spacial score (nSPS) is 11.1. The summed E-state index contributed by atoms with van der Waals surface area (Å²) in [5, 5.41) is 1.93. The second kappa shape index (κ2) is 5.22. The summed E-state index contributed by atoms with van der Waals surface area (Å²) in [6, 6.07) is 13.8. The molecule has 0 atom stereocenters. The van der Waals surface area contributed by atoms with Crippen molar-refractivity contribution in [1.29, 1.82) is 0 Å². The van der Waals surface area contributed by atoms with Crippen LogP contribution in [0.15, 0.2) is 54.9 Å². The highest BCUT2D eigenvalue weighted by Crippen LogP contribution is 2.31. The minimum absolute atomic E-state index is 0.834. The van der Waals surface area contributed by atoms with Crippen LogP contribution in [0.3, 0.4) is 0 Å². The number of rotatable bonds is 0. The van der Waals surface area contributed by atoms with Gasteiger partial charge in [0.1, 0.15) is 0 Å². The van der Waals surface area contributed by atoms with Gasteiger partial charge in [-0.1, -0.05) is 5.92 Å². The van der Waals surface area contributed by atoms with E-state index in [-0.39, 0.29) is 0 Å². The van der Waals surface area contributed by atoms with Crippen molar-refractivity contribution < 1.29 is 0 Å². The summed E-state index contributed by atoms with van der Waals surface area (Å²) < 4.78 is 0. The van der Waals surface area contributed by atoms with Crippen molar-refractivity contribution in [2.45, 2.75) is 6.92 Å². The maximum Gasteiger partial charge on any atom is 0.0996 e. The molecule has 116 valence electrons. The van der Waals surface area contributed by atoms with Gasteiger partial charge in [0.05, 0.1) is 33.1 Å². The van der Waals surface area contributed by atoms with E-state index in [1.807, 2.05) is 49.4 Å². The van der Waals surface area contributed by atoms with Crippen molar-refractivity contribution in [3.05, 3.63) is 60.4 Å². The summed E-state index contributed by atoms with van der Waals surface area (Å²) in [4.78, 5) is 18.8. The average Bonchev–Trinajstić information content (AvgIpc) is 2.67. The maximum absolute atomic E-state index is 4.90. The minimum atomic E-state index is 0.834. The lowest BCUT2D eigenvalue weighted by molar-refractivity contribution is 1.36. The smallest absolute Gasteiger partial charge is 0.0996 e. The Morgan fingerprint density at radius 2 is 1.36 bits per heavy atom. The van der Waals surface area contributed by atoms with E-state index in [9.17, 15) is 0 Å². The van der Waals surface area contributed by atoms with Gasteiger partial charge in [-0.3, -0.25) is 9.97 Å². The number of benzene rings is 2. The molecule has 0 unspecified atom stereocenters. The van der Waals surface area contributed by atoms with Crippen LogP contribution in [-0.2, 0) is 0 Å². The second-order valence-corrected chi connectivity index (χ2v) is 5.80. The molecule has 0 saturated carbocycles. The van der Waals surface area contributed by atoms with Crippen LogP contribution in [0.4, 0.5) is 0 Å². The topological polar surface area (TPSA) is 51.6 Å². The van der Waals surface area contributed by atoms with Gasteiger partial charge in [0.15, 0.2) is 0 Å². The predicted molar refractivity (Wildman–Crippen MR) is 100 cm³/mol. The van der Waals surface area contributed by atoms with Crippen LogP contribution in [0.1, 0.15) is 12.5 Å². The summed E-state index contributed by atoms with van der Waals surface area (Å²) in [6.07, 6.45) is 3.57. The Labute approximate surface area is 143 Å². The molecule has 3 heterocycles. The highest BCUT2D eigenvalue weighted by atomic mass is 14.8. The van der Waals surface area contributed by atoms with Crippen molar-refractivity contribution in [3.63, 3.8) is 0 Å². The molecule has 0 bridgehead atoms. The van der Waals surface area contributed by atoms with Crippen molar-refractivity contribution >= 4 is 43.9 Å². The first kappa shape index (κ1) is 13.8. The van der Waals surface area contributed by atoms with Gasteiger partial charge >= 0.3 is 0 Å². The van der Waals surface area contributed by atoms with Gasteiger partial charge in [-0.15, -0.1) is 5.92 Å². The van der Waals surface area contributed by atoms with Gasteiger partial charge in [0, 0.05) is 28.7 Å². The van der Waals surface area contributed by atoms with Gasteiger partial charge in [-0.2, -0.15) is 0 Å². The van der Waals surface area contributed by atoms with E-state index >= 15 is 0 Å². The first-order valence-electron chi connectivity index (χ1n) is 8.01. The van der Waals surface area contributed by atoms with E-state index in [1.165, 1.54) is 0 Å². The third kappa shape index (κ3) is 2.03. The van der Waals surface area contributed by atoms with E-state index < -0.39 is 0 Å². The van der Waals surface area contributed by atoms with Gasteiger partial charge in [0.2, 0.25) is 0 Å². The van der Waals surface area contributed by atoms with Crippen LogP contribution in [0.2, 0.25) is 0 Å². The fraction of sp³-hybridized carbons (Fsp3) is 0.0476. The molecule has 0 radical (unpaired) electrons. The average molecular weight is 320 g/mol. The molecule has 0 spiro atoms. The Morgan fingerprint density at radius 3 is 2.00 bits per heavy atom. The lowest BCUT2D eigenvalue weighted by atomic mass is 10.1. The standard InChI is InChI=1S/C21H12N4/c1-2-5-13-8-9-16-17(12-13)25-21-15-7-4-11-23-19(15)18-14(20(21)24-16)6-3-10-22-18/h3-4,6-12H,1H3. The van der Waals surface area contributed by atoms with E-state index in [0.29, 0.717) is 0 Å². The molecule has 4 nitrogen and oxygen atoms in total. The zero-order valence-electron chi connectivity index (χ0n) is 13.5. The molecule has 0 amide bonds. The van der Waals surface area contributed by atoms with E-state index in [4.69, 9.17) is 9.97 Å². The third-order valence-electron chi connectivity index (χ3n) is 4.28. The Balaban J connectivity index is 2.04. The van der Waals surface area contributed by atoms with E-state index in [0.717, 1.165) is 49.4 Å². The zero-order valence-corrected chi connectivity index (χ0v) is 13.5. The van der Waals surface area contributed by atoms with Gasteiger partial charge in [0.25, 0.3) is 0 Å². The van der Waals surface area contributed by atoms with Crippen molar-refractivity contribution in [1.82, 2.24) is 19.9 Å². The second-order valence-electron chi connectivity index (χ2n) is 5.80. The Hall–Kier alpha value is -3.58. The predicted octanol–water partition coefficient (Wildman–Crippen LogP) is 4.25. The first-order chi connectivity index (χ1) is 12.3. The molecule has 0 saturated heterocycles. The summed E-state index contributed by atoms with van der Waals surface area (Å²) in [6.45, 7) is 1.83. The molecule has 5 rings (SSSR count). The number of pyridine rings is 2. The van der Waals surface area contributed by atoms with Gasteiger partial charge in [-0.05, 0) is 49.4 Å². The molecule has 2 aromatic carbocycles. The summed E-state index contributed by atoms with van der Waals surface area (Å²) in [5.41, 5.74) is 6.02. The molecule has 3 aromatic heterocycles. The van der Waals surface area contributed by atoms with Gasteiger partial charge < -0.3 is 0 Å². The van der Waals surface area contributed by atoms with Gasteiger partial charge in [-0.25, -0.2) is 9.97 Å². The number of aromatic nitrogens is 4. The SMILES string of the molecule is CC#Cc1ccc2nc3c4cccnc4c4ncccc4c3nc2c1. The van der Waals surface area contributed by atoms with Crippen molar-refractivity contribution in [3.8, 4) is 11.8 Å². The number of hydrogen-bond donors (Lipinski definition) is 0. The maximum atomic E-state index is 4.90. The van der Waals surface area contributed by atoms with Crippen LogP contribution in [0.25, 0.3) is 43.9 Å². The number of nitrogens with zero attached hydrogens (tertiary/aromatic N) is 4. The van der Waals surface area contributed by atoms with E-state index in [2.05, 4.69) is 21.8 Å². The molecule has 4 heteroatoms. The first-order valence-corrected chi connectivity index (χ1v) is 8.01. The Kier molecular flexibility index (Phi) is 2.88. The molecular weight excluding hydrogens is 308 g/mol. The monoisotopic (exact) mass is 320 g/mol. The molecule has 5 aromatic rings. The largest absolute Gasteiger partial charge is 0.254 e. The lowest BCUT2D eigenvalue weighted by Gasteiger charge is -2.08.